The maximum absolute atomic E-state index is 12.7. The van der Waals surface area contributed by atoms with Gasteiger partial charge in [0.1, 0.15) is 0 Å². The van der Waals surface area contributed by atoms with E-state index >= 15 is 0 Å². The maximum Gasteiger partial charge on any atom is 0.239 e. The zero-order valence-electron chi connectivity index (χ0n) is 19.2. The zero-order chi connectivity index (χ0) is 22.3. The van der Waals surface area contributed by atoms with E-state index in [1.54, 1.807) is 0 Å². The van der Waals surface area contributed by atoms with E-state index in [-0.39, 0.29) is 23.8 Å². The van der Waals surface area contributed by atoms with E-state index in [1.807, 2.05) is 48.9 Å². The molecule has 1 aromatic heterocycles. The van der Waals surface area contributed by atoms with Gasteiger partial charge in [-0.3, -0.25) is 9.59 Å². The summed E-state index contributed by atoms with van der Waals surface area (Å²) in [4.78, 5) is 25.1. The highest BCUT2D eigenvalue weighted by molar-refractivity contribution is 5.85. The molecule has 0 spiro atoms. The summed E-state index contributed by atoms with van der Waals surface area (Å²) in [5.41, 5.74) is 4.14. The lowest BCUT2D eigenvalue weighted by Crippen LogP contribution is -2.48. The summed E-state index contributed by atoms with van der Waals surface area (Å²) in [5, 5.41) is 10.5. The van der Waals surface area contributed by atoms with Crippen LogP contribution in [0, 0.1) is 37.0 Å². The van der Waals surface area contributed by atoms with E-state index in [4.69, 9.17) is 0 Å². The number of carbonyl (C=O) groups excluding carboxylic acids is 2. The predicted octanol–water partition coefficient (Wildman–Crippen LogP) is 3.83. The Bertz CT molecular complexity index is 975. The second kappa shape index (κ2) is 8.38. The van der Waals surface area contributed by atoms with Crippen LogP contribution in [0.15, 0.2) is 30.3 Å². The largest absolute Gasteiger partial charge is 0.350 e. The fraction of sp³-hybridized carbons (Fsp3) is 0.577. The summed E-state index contributed by atoms with van der Waals surface area (Å²) in [5.74, 6) is 2.38. The highest BCUT2D eigenvalue weighted by Gasteiger charge is 2.51. The molecule has 1 heterocycles. The number of carbonyl (C=O) groups is 2. The fourth-order valence-corrected chi connectivity index (χ4v) is 7.09. The quantitative estimate of drug-likeness (QED) is 0.695. The number of hydrogen-bond donors (Lipinski definition) is 2. The van der Waals surface area contributed by atoms with Crippen molar-refractivity contribution in [3.05, 3.63) is 47.3 Å². The molecule has 170 valence electrons. The first kappa shape index (κ1) is 21.2. The number of nitrogens with one attached hydrogen (secondary N) is 2. The van der Waals surface area contributed by atoms with E-state index in [1.165, 1.54) is 38.5 Å². The lowest BCUT2D eigenvalue weighted by Gasteiger charge is -2.56. The van der Waals surface area contributed by atoms with E-state index in [9.17, 15) is 9.59 Å². The van der Waals surface area contributed by atoms with Gasteiger partial charge in [-0.2, -0.15) is 5.10 Å². The van der Waals surface area contributed by atoms with Gasteiger partial charge in [-0.15, -0.1) is 0 Å². The molecular weight excluding hydrogens is 400 g/mol. The Morgan fingerprint density at radius 2 is 1.59 bits per heavy atom. The topological polar surface area (TPSA) is 76.0 Å². The third kappa shape index (κ3) is 4.19. The first-order chi connectivity index (χ1) is 15.4. The predicted molar refractivity (Wildman–Crippen MR) is 123 cm³/mol. The minimum Gasteiger partial charge on any atom is -0.350 e. The Hall–Kier alpha value is -2.63. The highest BCUT2D eigenvalue weighted by atomic mass is 16.2. The normalized spacial score (nSPS) is 28.0. The van der Waals surface area contributed by atoms with Crippen molar-refractivity contribution in [3.8, 4) is 5.69 Å². The van der Waals surface area contributed by atoms with Crippen molar-refractivity contribution in [1.82, 2.24) is 20.4 Å². The van der Waals surface area contributed by atoms with Gasteiger partial charge in [-0.25, -0.2) is 4.68 Å². The Kier molecular flexibility index (Phi) is 5.56. The summed E-state index contributed by atoms with van der Waals surface area (Å²) in [6.07, 6.45) is 8.36. The van der Waals surface area contributed by atoms with Gasteiger partial charge in [0.05, 0.1) is 17.9 Å². The van der Waals surface area contributed by atoms with E-state index in [0.717, 1.165) is 40.4 Å². The molecule has 6 nitrogen and oxygen atoms in total. The number of amides is 2. The van der Waals surface area contributed by atoms with Gasteiger partial charge in [0.15, 0.2) is 0 Å². The number of nitrogens with zero attached hydrogens (tertiary/aromatic N) is 2. The highest BCUT2D eigenvalue weighted by Crippen LogP contribution is 2.61. The van der Waals surface area contributed by atoms with Gasteiger partial charge < -0.3 is 10.6 Å². The molecule has 1 aromatic carbocycles. The molecule has 4 saturated carbocycles. The Morgan fingerprint density at radius 3 is 2.22 bits per heavy atom. The lowest BCUT2D eigenvalue weighted by molar-refractivity contribution is -0.131. The summed E-state index contributed by atoms with van der Waals surface area (Å²) >= 11 is 0. The van der Waals surface area contributed by atoms with Crippen molar-refractivity contribution in [1.29, 1.82) is 0 Å². The monoisotopic (exact) mass is 434 g/mol. The third-order valence-electron chi connectivity index (χ3n) is 8.05. The number of hydrogen-bond acceptors (Lipinski definition) is 3. The van der Waals surface area contributed by atoms with E-state index < -0.39 is 0 Å². The van der Waals surface area contributed by atoms with Crippen molar-refractivity contribution in [2.75, 3.05) is 6.54 Å². The number of aromatic nitrogens is 2. The summed E-state index contributed by atoms with van der Waals surface area (Å²) in [6, 6.07) is 9.98. The summed E-state index contributed by atoms with van der Waals surface area (Å²) in [7, 11) is 0. The van der Waals surface area contributed by atoms with Crippen LogP contribution in [0.1, 0.15) is 61.9 Å². The van der Waals surface area contributed by atoms with Gasteiger partial charge in [0.2, 0.25) is 11.8 Å². The molecule has 6 rings (SSSR count). The van der Waals surface area contributed by atoms with Gasteiger partial charge in [0, 0.05) is 24.2 Å². The molecule has 4 aliphatic rings. The molecule has 4 aliphatic carbocycles. The standard InChI is InChI=1S/C26H34N4O2/c1-17-23(18(2)30(29-17)22-6-4-3-5-7-22)15-27-25(32)16-28-24(31)14-26-11-19-8-20(12-26)10-21(9-19)13-26/h3-7,19-21H,8-16H2,1-2H3,(H,27,32)(H,28,31). The SMILES string of the molecule is Cc1nn(-c2ccccc2)c(C)c1CNC(=O)CNC(=O)CC12CC3CC(CC(C3)C1)C2. The molecule has 2 amide bonds. The molecular formula is C26H34N4O2. The Balaban J connectivity index is 1.12. The van der Waals surface area contributed by atoms with Crippen LogP contribution in [0.5, 0.6) is 0 Å². The first-order valence-corrected chi connectivity index (χ1v) is 12.0. The van der Waals surface area contributed by atoms with E-state index in [2.05, 4.69) is 15.7 Å². The van der Waals surface area contributed by atoms with Crippen LogP contribution in [0.2, 0.25) is 0 Å². The van der Waals surface area contributed by atoms with Gasteiger partial charge >= 0.3 is 0 Å². The molecule has 6 heteroatoms. The van der Waals surface area contributed by atoms with Gasteiger partial charge in [-0.05, 0) is 87.7 Å². The third-order valence-corrected chi connectivity index (χ3v) is 8.05. The van der Waals surface area contributed by atoms with Gasteiger partial charge in [-0.1, -0.05) is 18.2 Å². The molecule has 0 radical (unpaired) electrons. The van der Waals surface area contributed by atoms with E-state index in [0.29, 0.717) is 13.0 Å². The number of aryl methyl sites for hydroxylation is 1. The molecule has 4 bridgehead atoms. The molecule has 2 aromatic rings. The number of benzene rings is 1. The van der Waals surface area contributed by atoms with Crippen LogP contribution in [-0.4, -0.2) is 28.1 Å². The van der Waals surface area contributed by atoms with Crippen LogP contribution >= 0.6 is 0 Å². The second-order valence-electron chi connectivity index (χ2n) is 10.5. The second-order valence-corrected chi connectivity index (χ2v) is 10.5. The van der Waals surface area contributed by atoms with Gasteiger partial charge in [0.25, 0.3) is 0 Å². The number of para-hydroxylation sites is 1. The molecule has 4 fully saturated rings. The molecule has 0 unspecified atom stereocenters. The maximum atomic E-state index is 12.7. The Labute approximate surface area is 190 Å². The fourth-order valence-electron chi connectivity index (χ4n) is 7.09. The van der Waals surface area contributed by atoms with Crippen LogP contribution < -0.4 is 10.6 Å². The smallest absolute Gasteiger partial charge is 0.239 e. The Morgan fingerprint density at radius 1 is 0.969 bits per heavy atom. The molecule has 0 atom stereocenters. The molecule has 0 aliphatic heterocycles. The van der Waals surface area contributed by atoms with Crippen molar-refractivity contribution in [3.63, 3.8) is 0 Å². The average molecular weight is 435 g/mol. The number of rotatable bonds is 7. The minimum atomic E-state index is -0.157. The van der Waals surface area contributed by atoms with Crippen molar-refractivity contribution in [2.45, 2.75) is 65.3 Å². The first-order valence-electron chi connectivity index (χ1n) is 12.0. The average Bonchev–Trinajstić information content (AvgIpc) is 3.03. The van der Waals surface area contributed by atoms with Crippen LogP contribution in [0.3, 0.4) is 0 Å². The molecule has 0 saturated heterocycles. The van der Waals surface area contributed by atoms with Crippen molar-refractivity contribution < 1.29 is 9.59 Å². The van der Waals surface area contributed by atoms with Crippen LogP contribution in [0.25, 0.3) is 5.69 Å². The van der Waals surface area contributed by atoms with Crippen molar-refractivity contribution >= 4 is 11.8 Å². The van der Waals surface area contributed by atoms with Crippen LogP contribution in [-0.2, 0) is 16.1 Å². The lowest BCUT2D eigenvalue weighted by atomic mass is 9.49. The summed E-state index contributed by atoms with van der Waals surface area (Å²) in [6.45, 7) is 4.42. The zero-order valence-corrected chi connectivity index (χ0v) is 19.2. The summed E-state index contributed by atoms with van der Waals surface area (Å²) < 4.78 is 1.91. The molecule has 32 heavy (non-hydrogen) atoms. The van der Waals surface area contributed by atoms with Crippen LogP contribution in [0.4, 0.5) is 0 Å². The minimum absolute atomic E-state index is 0.0337. The molecule has 2 N–H and O–H groups in total. The van der Waals surface area contributed by atoms with Crippen molar-refractivity contribution in [2.24, 2.45) is 23.2 Å².